The first kappa shape index (κ1) is 27.4. The summed E-state index contributed by atoms with van der Waals surface area (Å²) in [6, 6.07) is 0. The van der Waals surface area contributed by atoms with Gasteiger partial charge in [-0.3, -0.25) is 0 Å². The molecule has 0 amide bonds. The van der Waals surface area contributed by atoms with Crippen LogP contribution in [-0.4, -0.2) is 18.5 Å². The van der Waals surface area contributed by atoms with Crippen LogP contribution in [0.3, 0.4) is 0 Å². The summed E-state index contributed by atoms with van der Waals surface area (Å²) in [4.78, 5) is 4.00. The lowest BCUT2D eigenvalue weighted by atomic mass is 10.2. The second-order valence-corrected chi connectivity index (χ2v) is 3.43. The Hall–Kier alpha value is -1.90. The highest BCUT2D eigenvalue weighted by atomic mass is 16.5. The maximum Gasteiger partial charge on any atom is 0.205 e. The van der Waals surface area contributed by atoms with E-state index in [4.69, 9.17) is 10.1 Å². The minimum Gasteiger partial charge on any atom is -0.481 e. The third-order valence-corrected chi connectivity index (χ3v) is 1.88. The van der Waals surface area contributed by atoms with Crippen LogP contribution in [0.25, 0.3) is 0 Å². The van der Waals surface area contributed by atoms with E-state index in [2.05, 4.69) is 31.3 Å². The summed E-state index contributed by atoms with van der Waals surface area (Å²) in [5.74, 6) is 0.380. The molecule has 21 heavy (non-hydrogen) atoms. The Bertz CT molecular complexity index is 351. The number of hydrogen-bond acceptors (Lipinski definition) is 3. The van der Waals surface area contributed by atoms with E-state index in [1.807, 2.05) is 41.5 Å². The van der Waals surface area contributed by atoms with Crippen molar-refractivity contribution in [3.63, 3.8) is 0 Å². The summed E-state index contributed by atoms with van der Waals surface area (Å²) < 4.78 is 4.76. The fourth-order valence-electron chi connectivity index (χ4n) is 0.452. The highest BCUT2D eigenvalue weighted by molar-refractivity contribution is 6.00. The molecule has 0 rings (SSSR count). The zero-order chi connectivity index (χ0) is 18.0. The van der Waals surface area contributed by atoms with Crippen LogP contribution in [0.1, 0.15) is 48.5 Å². The molecule has 0 aromatic carbocycles. The molecule has 122 valence electrons. The zero-order valence-electron chi connectivity index (χ0n) is 15.3. The van der Waals surface area contributed by atoms with Crippen LogP contribution < -0.4 is 0 Å². The predicted molar refractivity (Wildman–Crippen MR) is 99.5 cm³/mol. The van der Waals surface area contributed by atoms with Crippen molar-refractivity contribution in [2.45, 2.75) is 48.5 Å². The van der Waals surface area contributed by atoms with Gasteiger partial charge >= 0.3 is 0 Å². The summed E-state index contributed by atoms with van der Waals surface area (Å²) >= 11 is 0. The normalized spacial score (nSPS) is 8.29. The molecule has 3 nitrogen and oxygen atoms in total. The molecule has 0 radical (unpaired) electrons. The minimum atomic E-state index is 0.380. The van der Waals surface area contributed by atoms with E-state index in [1.165, 1.54) is 7.11 Å². The van der Waals surface area contributed by atoms with Crippen molar-refractivity contribution in [1.82, 2.24) is 0 Å². The molecule has 0 fully saturated rings. The average molecular weight is 294 g/mol. The van der Waals surface area contributed by atoms with Crippen LogP contribution in [0, 0.1) is 5.41 Å². The number of allylic oxidation sites excluding steroid dienone is 3. The molecule has 0 unspecified atom stereocenters. The zero-order valence-corrected chi connectivity index (χ0v) is 15.3. The van der Waals surface area contributed by atoms with Gasteiger partial charge in [0.15, 0.2) is 0 Å². The fourth-order valence-corrected chi connectivity index (χ4v) is 0.452. The molecule has 0 aliphatic heterocycles. The Morgan fingerprint density at radius 3 is 1.52 bits per heavy atom. The molecule has 0 saturated heterocycles. The Balaban J connectivity index is -0.000000122. The van der Waals surface area contributed by atoms with Crippen molar-refractivity contribution in [2.24, 2.45) is 4.99 Å². The van der Waals surface area contributed by atoms with Crippen molar-refractivity contribution >= 4 is 11.4 Å². The lowest BCUT2D eigenvalue weighted by Gasteiger charge is -2.00. The van der Waals surface area contributed by atoms with Crippen molar-refractivity contribution < 1.29 is 4.74 Å². The van der Waals surface area contributed by atoms with E-state index in [-0.39, 0.29) is 0 Å². The Morgan fingerprint density at radius 1 is 1.00 bits per heavy atom. The lowest BCUT2D eigenvalue weighted by Crippen LogP contribution is -1.94. The van der Waals surface area contributed by atoms with Crippen LogP contribution in [-0.2, 0) is 4.74 Å². The van der Waals surface area contributed by atoms with E-state index in [0.717, 1.165) is 16.9 Å². The van der Waals surface area contributed by atoms with Gasteiger partial charge in [0.2, 0.25) is 5.88 Å². The molecule has 0 bridgehead atoms. The highest BCUT2D eigenvalue weighted by Gasteiger charge is 1.93. The number of rotatable bonds is 5. The molecule has 0 aromatic heterocycles. The lowest BCUT2D eigenvalue weighted by molar-refractivity contribution is 0.290. The SMILES string of the molecule is C=C(C)C(C)=N.C=CC(=C)/C(C)=N\C(=C)OC.CC.CC. The van der Waals surface area contributed by atoms with Gasteiger partial charge in [-0.2, -0.15) is 0 Å². The van der Waals surface area contributed by atoms with Gasteiger partial charge < -0.3 is 10.1 Å². The number of nitrogens with one attached hydrogen (secondary N) is 1. The largest absolute Gasteiger partial charge is 0.481 e. The molecule has 1 N–H and O–H groups in total. The maximum absolute atomic E-state index is 6.85. The van der Waals surface area contributed by atoms with E-state index in [9.17, 15) is 0 Å². The van der Waals surface area contributed by atoms with Crippen molar-refractivity contribution in [3.05, 3.63) is 49.4 Å². The third-order valence-electron chi connectivity index (χ3n) is 1.88. The predicted octanol–water partition coefficient (Wildman–Crippen LogP) is 5.96. The van der Waals surface area contributed by atoms with E-state index >= 15 is 0 Å². The summed E-state index contributed by atoms with van der Waals surface area (Å²) in [6.45, 7) is 27.7. The smallest absolute Gasteiger partial charge is 0.205 e. The standard InChI is InChI=1S/C9H13NO.C5H9N.2C2H6/c1-6-7(2)8(3)10-9(4)11-5;1-4(2)5(3)6;2*1-2/h6H,1-2,4H2,3,5H3;6H,1H2,2-3H3;2*1-2H3/b10-8-;;;. The number of methoxy groups -OCH3 is 1. The van der Waals surface area contributed by atoms with Crippen molar-refractivity contribution in [1.29, 1.82) is 5.41 Å². The summed E-state index contributed by atoms with van der Waals surface area (Å²) in [5, 5.41) is 6.85. The Labute approximate surface area is 132 Å². The molecule has 0 atom stereocenters. The fraction of sp³-hybridized carbons (Fsp3) is 0.444. The number of aliphatic imine (C=N–C) groups is 1. The molecule has 0 saturated carbocycles. The quantitative estimate of drug-likeness (QED) is 0.379. The molecular formula is C18H34N2O. The van der Waals surface area contributed by atoms with Gasteiger partial charge in [-0.05, 0) is 38.5 Å². The number of nitrogens with zero attached hydrogens (tertiary/aromatic N) is 1. The van der Waals surface area contributed by atoms with Gasteiger partial charge in [0.25, 0.3) is 0 Å². The van der Waals surface area contributed by atoms with Gasteiger partial charge in [0.1, 0.15) is 0 Å². The molecule has 0 spiro atoms. The minimum absolute atomic E-state index is 0.380. The van der Waals surface area contributed by atoms with Crippen LogP contribution in [0.4, 0.5) is 0 Å². The number of hydrogen-bond donors (Lipinski definition) is 1. The molecule has 0 aliphatic carbocycles. The van der Waals surface area contributed by atoms with Crippen molar-refractivity contribution in [2.75, 3.05) is 7.11 Å². The Morgan fingerprint density at radius 2 is 1.33 bits per heavy atom. The second-order valence-electron chi connectivity index (χ2n) is 3.43. The average Bonchev–Trinajstić information content (AvgIpc) is 2.50. The highest BCUT2D eigenvalue weighted by Crippen LogP contribution is 2.00. The van der Waals surface area contributed by atoms with Gasteiger partial charge in [0.05, 0.1) is 7.11 Å². The van der Waals surface area contributed by atoms with Gasteiger partial charge in [-0.15, -0.1) is 0 Å². The summed E-state index contributed by atoms with van der Waals surface area (Å²) in [7, 11) is 1.52. The molecule has 0 aromatic rings. The van der Waals surface area contributed by atoms with E-state index in [0.29, 0.717) is 11.6 Å². The third kappa shape index (κ3) is 23.6. The van der Waals surface area contributed by atoms with Crippen LogP contribution in [0.5, 0.6) is 0 Å². The number of ether oxygens (including phenoxy) is 1. The monoisotopic (exact) mass is 294 g/mol. The van der Waals surface area contributed by atoms with Gasteiger partial charge in [-0.25, -0.2) is 4.99 Å². The second kappa shape index (κ2) is 20.4. The first-order valence-electron chi connectivity index (χ1n) is 7.07. The van der Waals surface area contributed by atoms with Crippen LogP contribution in [0.15, 0.2) is 54.4 Å². The topological polar surface area (TPSA) is 45.4 Å². The molecular weight excluding hydrogens is 260 g/mol. The van der Waals surface area contributed by atoms with E-state index in [1.54, 1.807) is 13.0 Å². The maximum atomic E-state index is 6.85. The first-order chi connectivity index (χ1) is 9.76. The van der Waals surface area contributed by atoms with Crippen LogP contribution in [0.2, 0.25) is 0 Å². The van der Waals surface area contributed by atoms with Crippen LogP contribution >= 0.6 is 0 Å². The summed E-state index contributed by atoms with van der Waals surface area (Å²) in [6.07, 6.45) is 1.64. The van der Waals surface area contributed by atoms with Gasteiger partial charge in [0, 0.05) is 11.4 Å². The molecule has 0 aliphatic rings. The summed E-state index contributed by atoms with van der Waals surface area (Å²) in [5.41, 5.74) is 2.96. The molecule has 0 heterocycles. The van der Waals surface area contributed by atoms with Gasteiger partial charge in [-0.1, -0.05) is 53.5 Å². The van der Waals surface area contributed by atoms with Crippen molar-refractivity contribution in [3.8, 4) is 0 Å². The van der Waals surface area contributed by atoms with E-state index < -0.39 is 0 Å². The Kier molecular flexibility index (Phi) is 26.7. The molecule has 3 heteroatoms. The first-order valence-corrected chi connectivity index (χ1v) is 7.07.